The summed E-state index contributed by atoms with van der Waals surface area (Å²) in [5.41, 5.74) is 6.75. The summed E-state index contributed by atoms with van der Waals surface area (Å²) < 4.78 is 1.08. The Balaban J connectivity index is 2.71. The molecule has 1 aromatic carbocycles. The highest BCUT2D eigenvalue weighted by atomic mass is 35.5. The molecule has 1 aromatic heterocycles. The Bertz CT molecular complexity index is 525. The van der Waals surface area contributed by atoms with Crippen LogP contribution in [-0.4, -0.2) is 0 Å². The first-order chi connectivity index (χ1) is 6.74. The van der Waals surface area contributed by atoms with Crippen molar-refractivity contribution in [3.05, 3.63) is 28.6 Å². The highest BCUT2D eigenvalue weighted by molar-refractivity contribution is 7.19. The average molecular weight is 223 g/mol. The van der Waals surface area contributed by atoms with Gasteiger partial charge in [-0.15, -0.1) is 22.9 Å². The Labute approximate surface area is 90.5 Å². The van der Waals surface area contributed by atoms with Crippen LogP contribution in [0, 0.1) is 11.3 Å². The molecule has 4 heteroatoms. The van der Waals surface area contributed by atoms with E-state index in [2.05, 4.69) is 6.07 Å². The largest absolute Gasteiger partial charge is 0.398 e. The molecule has 0 fully saturated rings. The standard InChI is InChI=1S/C10H7ClN2S/c11-4-8-2-6-1-7(5-12)9(13)3-10(6)14-8/h1-3H,4,13H2. The zero-order valence-electron chi connectivity index (χ0n) is 7.25. The molecule has 2 nitrogen and oxygen atoms in total. The molecule has 2 aromatic rings. The fraction of sp³-hybridized carbons (Fsp3) is 0.100. The van der Waals surface area contributed by atoms with Gasteiger partial charge in [0.1, 0.15) is 6.07 Å². The van der Waals surface area contributed by atoms with E-state index in [0.717, 1.165) is 15.0 Å². The SMILES string of the molecule is N#Cc1cc2cc(CCl)sc2cc1N. The van der Waals surface area contributed by atoms with Crippen LogP contribution in [0.25, 0.3) is 10.1 Å². The number of thiophene rings is 1. The summed E-state index contributed by atoms with van der Waals surface area (Å²) in [5.74, 6) is 0.501. The topological polar surface area (TPSA) is 49.8 Å². The third kappa shape index (κ3) is 1.43. The van der Waals surface area contributed by atoms with Crippen LogP contribution in [0.5, 0.6) is 0 Å². The van der Waals surface area contributed by atoms with Crippen molar-refractivity contribution in [2.45, 2.75) is 5.88 Å². The first-order valence-electron chi connectivity index (χ1n) is 4.02. The van der Waals surface area contributed by atoms with Crippen molar-refractivity contribution in [2.24, 2.45) is 0 Å². The van der Waals surface area contributed by atoms with E-state index < -0.39 is 0 Å². The normalized spacial score (nSPS) is 10.3. The molecule has 70 valence electrons. The summed E-state index contributed by atoms with van der Waals surface area (Å²) in [5, 5.41) is 9.83. The summed E-state index contributed by atoms with van der Waals surface area (Å²) >= 11 is 7.34. The lowest BCUT2D eigenvalue weighted by atomic mass is 10.1. The maximum atomic E-state index is 8.79. The first-order valence-corrected chi connectivity index (χ1v) is 5.37. The highest BCUT2D eigenvalue weighted by Gasteiger charge is 2.05. The van der Waals surface area contributed by atoms with Gasteiger partial charge in [-0.1, -0.05) is 0 Å². The molecule has 0 aliphatic heterocycles. The Morgan fingerprint density at radius 2 is 2.21 bits per heavy atom. The monoisotopic (exact) mass is 222 g/mol. The zero-order chi connectivity index (χ0) is 10.1. The second-order valence-electron chi connectivity index (χ2n) is 2.94. The van der Waals surface area contributed by atoms with Gasteiger partial charge in [0.2, 0.25) is 0 Å². The molecule has 1 heterocycles. The number of fused-ring (bicyclic) bond motifs is 1. The Morgan fingerprint density at radius 3 is 2.86 bits per heavy atom. The molecule has 0 unspecified atom stereocenters. The Kier molecular flexibility index (Phi) is 2.32. The predicted molar refractivity (Wildman–Crippen MR) is 60.5 cm³/mol. The number of anilines is 1. The lowest BCUT2D eigenvalue weighted by Crippen LogP contribution is -1.88. The van der Waals surface area contributed by atoms with Gasteiger partial charge in [-0.25, -0.2) is 0 Å². The number of rotatable bonds is 1. The number of nitriles is 1. The molecule has 0 aliphatic carbocycles. The van der Waals surface area contributed by atoms with Crippen LogP contribution in [0.2, 0.25) is 0 Å². The van der Waals surface area contributed by atoms with E-state index in [1.807, 2.05) is 12.1 Å². The minimum atomic E-state index is 0.501. The van der Waals surface area contributed by atoms with Gasteiger partial charge in [0, 0.05) is 9.58 Å². The summed E-state index contributed by atoms with van der Waals surface area (Å²) in [7, 11) is 0. The van der Waals surface area contributed by atoms with Crippen molar-refractivity contribution in [1.29, 1.82) is 5.26 Å². The minimum absolute atomic E-state index is 0.501. The average Bonchev–Trinajstić information content (AvgIpc) is 2.58. The van der Waals surface area contributed by atoms with E-state index in [9.17, 15) is 0 Å². The number of nitrogens with two attached hydrogens (primary N) is 1. The van der Waals surface area contributed by atoms with Gasteiger partial charge >= 0.3 is 0 Å². The number of nitrogens with zero attached hydrogens (tertiary/aromatic N) is 1. The summed E-state index contributed by atoms with van der Waals surface area (Å²) in [6.45, 7) is 0. The number of hydrogen-bond donors (Lipinski definition) is 1. The van der Waals surface area contributed by atoms with Gasteiger partial charge in [0.15, 0.2) is 0 Å². The van der Waals surface area contributed by atoms with Crippen LogP contribution in [0.3, 0.4) is 0 Å². The Hall–Kier alpha value is -1.24. The molecular formula is C10H7ClN2S. The molecule has 0 saturated carbocycles. The maximum absolute atomic E-state index is 8.79. The van der Waals surface area contributed by atoms with E-state index in [0.29, 0.717) is 17.1 Å². The molecule has 0 atom stereocenters. The van der Waals surface area contributed by atoms with Crippen LogP contribution in [0.4, 0.5) is 5.69 Å². The smallest absolute Gasteiger partial charge is 0.101 e. The molecule has 0 saturated heterocycles. The molecule has 0 radical (unpaired) electrons. The van der Waals surface area contributed by atoms with Crippen LogP contribution < -0.4 is 5.73 Å². The first kappa shape index (κ1) is 9.32. The fourth-order valence-corrected chi connectivity index (χ4v) is 2.51. The predicted octanol–water partition coefficient (Wildman–Crippen LogP) is 3.09. The van der Waals surface area contributed by atoms with Crippen molar-refractivity contribution in [3.63, 3.8) is 0 Å². The summed E-state index contributed by atoms with van der Waals surface area (Å²) in [6.07, 6.45) is 0. The lowest BCUT2D eigenvalue weighted by Gasteiger charge is -1.95. The van der Waals surface area contributed by atoms with Crippen LogP contribution in [0.1, 0.15) is 10.4 Å². The van der Waals surface area contributed by atoms with Crippen molar-refractivity contribution in [1.82, 2.24) is 0 Å². The van der Waals surface area contributed by atoms with Crippen LogP contribution >= 0.6 is 22.9 Å². The number of benzene rings is 1. The van der Waals surface area contributed by atoms with Gasteiger partial charge in [-0.05, 0) is 23.6 Å². The zero-order valence-corrected chi connectivity index (χ0v) is 8.82. The van der Waals surface area contributed by atoms with Crippen molar-refractivity contribution < 1.29 is 0 Å². The van der Waals surface area contributed by atoms with E-state index in [4.69, 9.17) is 22.6 Å². The van der Waals surface area contributed by atoms with Crippen LogP contribution in [-0.2, 0) is 5.88 Å². The van der Waals surface area contributed by atoms with Gasteiger partial charge in [-0.2, -0.15) is 5.26 Å². The highest BCUT2D eigenvalue weighted by Crippen LogP contribution is 2.30. The van der Waals surface area contributed by atoms with E-state index in [1.54, 1.807) is 17.4 Å². The molecule has 0 spiro atoms. The van der Waals surface area contributed by atoms with Gasteiger partial charge in [0.05, 0.1) is 17.1 Å². The Morgan fingerprint density at radius 1 is 1.43 bits per heavy atom. The summed E-state index contributed by atoms with van der Waals surface area (Å²) in [4.78, 5) is 1.09. The van der Waals surface area contributed by atoms with E-state index in [1.165, 1.54) is 0 Å². The van der Waals surface area contributed by atoms with E-state index >= 15 is 0 Å². The molecule has 2 rings (SSSR count). The molecule has 0 bridgehead atoms. The van der Waals surface area contributed by atoms with E-state index in [-0.39, 0.29) is 0 Å². The van der Waals surface area contributed by atoms with Crippen molar-refractivity contribution >= 4 is 38.7 Å². The van der Waals surface area contributed by atoms with Crippen molar-refractivity contribution in [3.8, 4) is 6.07 Å². The molecule has 0 aliphatic rings. The van der Waals surface area contributed by atoms with Crippen molar-refractivity contribution in [2.75, 3.05) is 5.73 Å². The third-order valence-electron chi connectivity index (χ3n) is 1.99. The number of halogens is 1. The van der Waals surface area contributed by atoms with Gasteiger partial charge < -0.3 is 5.73 Å². The number of alkyl halides is 1. The quantitative estimate of drug-likeness (QED) is 0.596. The fourth-order valence-electron chi connectivity index (χ4n) is 1.32. The van der Waals surface area contributed by atoms with Gasteiger partial charge in [0.25, 0.3) is 0 Å². The lowest BCUT2D eigenvalue weighted by molar-refractivity contribution is 1.50. The number of hydrogen-bond acceptors (Lipinski definition) is 3. The molecule has 14 heavy (non-hydrogen) atoms. The number of nitrogen functional groups attached to an aromatic ring is 1. The molecule has 0 amide bonds. The van der Waals surface area contributed by atoms with Gasteiger partial charge in [-0.3, -0.25) is 0 Å². The van der Waals surface area contributed by atoms with Crippen LogP contribution in [0.15, 0.2) is 18.2 Å². The minimum Gasteiger partial charge on any atom is -0.398 e. The summed E-state index contributed by atoms with van der Waals surface area (Å²) in [6, 6.07) is 7.69. The second-order valence-corrected chi connectivity index (χ2v) is 4.37. The third-order valence-corrected chi connectivity index (χ3v) is 3.54. The molecule has 2 N–H and O–H groups in total. The second kappa shape index (κ2) is 3.49. The maximum Gasteiger partial charge on any atom is 0.101 e. The molecular weight excluding hydrogens is 216 g/mol.